The van der Waals surface area contributed by atoms with E-state index < -0.39 is 0 Å². The number of hydrogen-bond acceptors (Lipinski definition) is 2. The zero-order valence-corrected chi connectivity index (χ0v) is 9.50. The largest absolute Gasteiger partial charge is 0.370 e. The maximum absolute atomic E-state index is 4.31. The van der Waals surface area contributed by atoms with Crippen LogP contribution in [0.4, 0.5) is 5.82 Å². The molecule has 0 aliphatic heterocycles. The van der Waals surface area contributed by atoms with E-state index in [4.69, 9.17) is 0 Å². The summed E-state index contributed by atoms with van der Waals surface area (Å²) in [6, 6.07) is 4.15. The van der Waals surface area contributed by atoms with Crippen LogP contribution in [-0.4, -0.2) is 11.5 Å². The molecule has 0 amide bonds. The fraction of sp³-hybridized carbons (Fsp3) is 0.615. The number of rotatable bonds is 3. The number of nitrogens with one attached hydrogen (secondary N) is 1. The number of aryl methyl sites for hydroxylation is 1. The smallest absolute Gasteiger partial charge is 0.126 e. The zero-order chi connectivity index (χ0) is 10.5. The summed E-state index contributed by atoms with van der Waals surface area (Å²) in [6.45, 7) is 3.20. The number of hydrogen-bond donors (Lipinski definition) is 1. The van der Waals surface area contributed by atoms with Gasteiger partial charge in [0.15, 0.2) is 0 Å². The van der Waals surface area contributed by atoms with Gasteiger partial charge in [-0.15, -0.1) is 0 Å². The van der Waals surface area contributed by atoms with Gasteiger partial charge in [-0.05, 0) is 43.4 Å². The van der Waals surface area contributed by atoms with Gasteiger partial charge >= 0.3 is 0 Å². The highest BCUT2D eigenvalue weighted by Gasteiger charge is 2.12. The van der Waals surface area contributed by atoms with Crippen LogP contribution in [0.1, 0.15) is 37.7 Å². The molecule has 1 aliphatic carbocycles. The molecule has 2 nitrogen and oxygen atoms in total. The molecule has 2 rings (SSSR count). The number of aromatic nitrogens is 1. The number of nitrogens with zero attached hydrogens (tertiary/aromatic N) is 1. The summed E-state index contributed by atoms with van der Waals surface area (Å²) in [5.74, 6) is 1.89. The Bertz CT molecular complexity index is 303. The summed E-state index contributed by atoms with van der Waals surface area (Å²) < 4.78 is 0. The van der Waals surface area contributed by atoms with Gasteiger partial charge in [-0.2, -0.15) is 0 Å². The van der Waals surface area contributed by atoms with Crippen molar-refractivity contribution in [3.63, 3.8) is 0 Å². The van der Waals surface area contributed by atoms with Crippen LogP contribution in [-0.2, 0) is 0 Å². The average molecular weight is 204 g/mol. The Labute approximate surface area is 92.1 Å². The Hall–Kier alpha value is -1.05. The maximum Gasteiger partial charge on any atom is 0.126 e. The molecule has 0 aromatic carbocycles. The molecule has 82 valence electrons. The van der Waals surface area contributed by atoms with Crippen LogP contribution >= 0.6 is 0 Å². The van der Waals surface area contributed by atoms with E-state index >= 15 is 0 Å². The first-order valence-corrected chi connectivity index (χ1v) is 6.01. The van der Waals surface area contributed by atoms with E-state index in [0.29, 0.717) is 0 Å². The van der Waals surface area contributed by atoms with Crippen molar-refractivity contribution in [1.82, 2.24) is 4.98 Å². The molecule has 1 aromatic rings. The zero-order valence-electron chi connectivity index (χ0n) is 9.50. The summed E-state index contributed by atoms with van der Waals surface area (Å²) in [5, 5.41) is 3.44. The molecule has 0 saturated heterocycles. The summed E-state index contributed by atoms with van der Waals surface area (Å²) >= 11 is 0. The fourth-order valence-corrected chi connectivity index (χ4v) is 2.27. The van der Waals surface area contributed by atoms with Gasteiger partial charge in [0.2, 0.25) is 0 Å². The first kappa shape index (κ1) is 10.5. The molecule has 1 aliphatic rings. The van der Waals surface area contributed by atoms with E-state index in [9.17, 15) is 0 Å². The van der Waals surface area contributed by atoms with Crippen molar-refractivity contribution in [1.29, 1.82) is 0 Å². The van der Waals surface area contributed by atoms with E-state index in [1.54, 1.807) is 0 Å². The van der Waals surface area contributed by atoms with Crippen molar-refractivity contribution < 1.29 is 0 Å². The lowest BCUT2D eigenvalue weighted by atomic mass is 9.89. The molecule has 0 bridgehead atoms. The van der Waals surface area contributed by atoms with Crippen LogP contribution < -0.4 is 5.32 Å². The standard InChI is InChI=1S/C13H20N2/c1-11-7-8-14-13(9-11)15-10-12-5-3-2-4-6-12/h7-9,12H,2-6,10H2,1H3,(H,14,15). The van der Waals surface area contributed by atoms with Crippen molar-refractivity contribution in [2.24, 2.45) is 5.92 Å². The van der Waals surface area contributed by atoms with Gasteiger partial charge in [0.05, 0.1) is 0 Å². The molecule has 2 heteroatoms. The minimum absolute atomic E-state index is 0.862. The highest BCUT2D eigenvalue weighted by Crippen LogP contribution is 2.23. The predicted octanol–water partition coefficient (Wildman–Crippen LogP) is 3.38. The van der Waals surface area contributed by atoms with Crippen molar-refractivity contribution in [2.75, 3.05) is 11.9 Å². The monoisotopic (exact) mass is 204 g/mol. The van der Waals surface area contributed by atoms with Gasteiger partial charge in [-0.3, -0.25) is 0 Å². The predicted molar refractivity (Wildman–Crippen MR) is 64.0 cm³/mol. The Morgan fingerprint density at radius 2 is 2.13 bits per heavy atom. The molecule has 1 N–H and O–H groups in total. The second-order valence-electron chi connectivity index (χ2n) is 4.60. The summed E-state index contributed by atoms with van der Waals surface area (Å²) in [6.07, 6.45) is 8.90. The van der Waals surface area contributed by atoms with Crippen LogP contribution in [0.3, 0.4) is 0 Å². The topological polar surface area (TPSA) is 24.9 Å². The van der Waals surface area contributed by atoms with Crippen LogP contribution in [0.5, 0.6) is 0 Å². The van der Waals surface area contributed by atoms with E-state index in [0.717, 1.165) is 18.3 Å². The molecular weight excluding hydrogens is 184 g/mol. The third-order valence-corrected chi connectivity index (χ3v) is 3.21. The molecule has 0 unspecified atom stereocenters. The summed E-state index contributed by atoms with van der Waals surface area (Å²) in [4.78, 5) is 4.31. The quantitative estimate of drug-likeness (QED) is 0.816. The Morgan fingerprint density at radius 1 is 1.33 bits per heavy atom. The van der Waals surface area contributed by atoms with E-state index in [1.165, 1.54) is 37.7 Å². The molecule has 15 heavy (non-hydrogen) atoms. The first-order valence-electron chi connectivity index (χ1n) is 6.01. The molecule has 1 aromatic heterocycles. The minimum Gasteiger partial charge on any atom is -0.370 e. The second kappa shape index (κ2) is 5.15. The Kier molecular flexibility index (Phi) is 3.59. The number of pyridine rings is 1. The molecule has 0 atom stereocenters. The summed E-state index contributed by atoms with van der Waals surface area (Å²) in [5.41, 5.74) is 1.27. The molecule has 1 heterocycles. The average Bonchev–Trinajstić information content (AvgIpc) is 2.28. The van der Waals surface area contributed by atoms with E-state index in [2.05, 4.69) is 23.3 Å². The molecule has 0 radical (unpaired) electrons. The van der Waals surface area contributed by atoms with Gasteiger partial charge < -0.3 is 5.32 Å². The molecular formula is C13H20N2. The van der Waals surface area contributed by atoms with Crippen molar-refractivity contribution >= 4 is 5.82 Å². The lowest BCUT2D eigenvalue weighted by Gasteiger charge is -2.21. The lowest BCUT2D eigenvalue weighted by Crippen LogP contribution is -2.17. The minimum atomic E-state index is 0.862. The highest BCUT2D eigenvalue weighted by molar-refractivity contribution is 5.36. The Balaban J connectivity index is 1.81. The Morgan fingerprint density at radius 3 is 2.87 bits per heavy atom. The van der Waals surface area contributed by atoms with Crippen LogP contribution in [0.25, 0.3) is 0 Å². The van der Waals surface area contributed by atoms with Gasteiger partial charge in [0.1, 0.15) is 5.82 Å². The third-order valence-electron chi connectivity index (χ3n) is 3.21. The lowest BCUT2D eigenvalue weighted by molar-refractivity contribution is 0.373. The van der Waals surface area contributed by atoms with Gasteiger partial charge in [-0.25, -0.2) is 4.98 Å². The van der Waals surface area contributed by atoms with Gasteiger partial charge in [0, 0.05) is 12.7 Å². The first-order chi connectivity index (χ1) is 7.34. The third kappa shape index (κ3) is 3.22. The number of anilines is 1. The molecule has 1 saturated carbocycles. The maximum atomic E-state index is 4.31. The van der Waals surface area contributed by atoms with E-state index in [1.807, 2.05) is 12.3 Å². The van der Waals surface area contributed by atoms with Crippen molar-refractivity contribution in [3.05, 3.63) is 23.9 Å². The van der Waals surface area contributed by atoms with Crippen LogP contribution in [0.2, 0.25) is 0 Å². The van der Waals surface area contributed by atoms with Crippen molar-refractivity contribution in [3.8, 4) is 0 Å². The summed E-state index contributed by atoms with van der Waals surface area (Å²) in [7, 11) is 0. The SMILES string of the molecule is Cc1ccnc(NCC2CCCCC2)c1. The van der Waals surface area contributed by atoms with Gasteiger partial charge in [-0.1, -0.05) is 19.3 Å². The van der Waals surface area contributed by atoms with Crippen LogP contribution in [0.15, 0.2) is 18.3 Å². The van der Waals surface area contributed by atoms with Crippen LogP contribution in [0, 0.1) is 12.8 Å². The molecule has 1 fully saturated rings. The van der Waals surface area contributed by atoms with Crippen molar-refractivity contribution in [2.45, 2.75) is 39.0 Å². The highest BCUT2D eigenvalue weighted by atomic mass is 15.0. The van der Waals surface area contributed by atoms with Gasteiger partial charge in [0.25, 0.3) is 0 Å². The normalized spacial score (nSPS) is 17.7. The van der Waals surface area contributed by atoms with E-state index in [-0.39, 0.29) is 0 Å². The molecule has 0 spiro atoms. The fourth-order valence-electron chi connectivity index (χ4n) is 2.27. The second-order valence-corrected chi connectivity index (χ2v) is 4.60.